The van der Waals surface area contributed by atoms with Crippen LogP contribution < -0.4 is 15.8 Å². The van der Waals surface area contributed by atoms with E-state index in [4.69, 9.17) is 4.74 Å². The average Bonchev–Trinajstić information content (AvgIpc) is 3.42. The Bertz CT molecular complexity index is 1390. The van der Waals surface area contributed by atoms with E-state index in [1.165, 1.54) is 0 Å². The molecular weight excluding hydrogens is 638 g/mol. The maximum atomic E-state index is 14.0. The molecule has 0 saturated carbocycles. The lowest BCUT2D eigenvalue weighted by Crippen LogP contribution is -2.51. The number of nitrogens with one attached hydrogen (secondary N) is 1. The molecule has 2 aliphatic rings. The number of carbonyl (C=O) groups excluding carboxylic acids is 1. The van der Waals surface area contributed by atoms with Crippen LogP contribution in [-0.2, 0) is 28.6 Å². The van der Waals surface area contributed by atoms with Crippen LogP contribution in [0.3, 0.4) is 0 Å². The lowest BCUT2D eigenvalue weighted by molar-refractivity contribution is -0.139. The van der Waals surface area contributed by atoms with Crippen molar-refractivity contribution in [2.45, 2.75) is 64.2 Å². The average molecular weight is 679 g/mol. The van der Waals surface area contributed by atoms with E-state index < -0.39 is 48.8 Å². The van der Waals surface area contributed by atoms with Crippen molar-refractivity contribution in [1.29, 1.82) is 0 Å². The first-order chi connectivity index (χ1) is 21.4. The molecule has 1 amide bonds. The molecule has 0 spiro atoms. The molecule has 0 aliphatic carbocycles. The fraction of sp³-hybridized carbons (Fsp3) is 0.679. The summed E-state index contributed by atoms with van der Waals surface area (Å²) >= 11 is 0. The molecule has 46 heavy (non-hydrogen) atoms. The van der Waals surface area contributed by atoms with Crippen LogP contribution in [0.25, 0.3) is 0 Å². The van der Waals surface area contributed by atoms with E-state index in [2.05, 4.69) is 40.0 Å². The molecule has 0 unspecified atom stereocenters. The van der Waals surface area contributed by atoms with Gasteiger partial charge in [-0.15, -0.1) is 0 Å². The summed E-state index contributed by atoms with van der Waals surface area (Å²) in [5.41, 5.74) is -3.96. The van der Waals surface area contributed by atoms with Gasteiger partial charge in [-0.25, -0.2) is 14.6 Å². The minimum absolute atomic E-state index is 0.0460. The van der Waals surface area contributed by atoms with E-state index in [1.54, 1.807) is 16.7 Å². The molecule has 0 radical (unpaired) electrons. The van der Waals surface area contributed by atoms with Gasteiger partial charge in [0.25, 0.3) is 5.56 Å². The number of likely N-dealkylation sites (tertiary alicyclic amines) is 1. The van der Waals surface area contributed by atoms with Crippen molar-refractivity contribution in [3.8, 4) is 0 Å². The van der Waals surface area contributed by atoms with E-state index in [9.17, 15) is 35.9 Å². The Hall–Kier alpha value is -3.25. The minimum Gasteiger partial charge on any atom is -0.379 e. The topological polar surface area (TPSA) is 109 Å². The lowest BCUT2D eigenvalue weighted by atomic mass is 10.1. The molecular formula is C28H40F6N8O3Si. The number of anilines is 2. The van der Waals surface area contributed by atoms with Crippen LogP contribution in [0.15, 0.2) is 23.4 Å². The number of alkyl halides is 6. The van der Waals surface area contributed by atoms with E-state index in [-0.39, 0.29) is 24.5 Å². The fourth-order valence-corrected chi connectivity index (χ4v) is 6.16. The molecule has 2 fully saturated rings. The second kappa shape index (κ2) is 14.2. The monoisotopic (exact) mass is 678 g/mol. The molecule has 0 bridgehead atoms. The zero-order valence-corrected chi connectivity index (χ0v) is 27.3. The second-order valence-corrected chi connectivity index (χ2v) is 18.6. The van der Waals surface area contributed by atoms with Crippen molar-refractivity contribution >= 4 is 25.6 Å². The molecule has 11 nitrogen and oxygen atoms in total. The second-order valence-electron chi connectivity index (χ2n) is 13.0. The summed E-state index contributed by atoms with van der Waals surface area (Å²) < 4.78 is 86.4. The van der Waals surface area contributed by atoms with Gasteiger partial charge in [0.15, 0.2) is 0 Å². The minimum atomic E-state index is -4.91. The molecule has 2 aromatic rings. The zero-order valence-electron chi connectivity index (χ0n) is 26.3. The fourth-order valence-electron chi connectivity index (χ4n) is 5.41. The van der Waals surface area contributed by atoms with Crippen molar-refractivity contribution in [3.63, 3.8) is 0 Å². The third-order valence-corrected chi connectivity index (χ3v) is 9.64. The number of aromatic nitrogens is 4. The first-order valence-electron chi connectivity index (χ1n) is 15.1. The molecule has 256 valence electrons. The van der Waals surface area contributed by atoms with Crippen LogP contribution in [0.4, 0.5) is 38.0 Å². The van der Waals surface area contributed by atoms with E-state index in [1.807, 2.05) is 4.90 Å². The highest BCUT2D eigenvalue weighted by Crippen LogP contribution is 2.32. The van der Waals surface area contributed by atoms with Gasteiger partial charge < -0.3 is 24.8 Å². The Kier molecular flexibility index (Phi) is 11.0. The number of halogens is 6. The van der Waals surface area contributed by atoms with Gasteiger partial charge >= 0.3 is 12.4 Å². The van der Waals surface area contributed by atoms with E-state index >= 15 is 0 Å². The number of hydrogen-bond acceptors (Lipinski definition) is 9. The number of hydrogen-bond donors (Lipinski definition) is 1. The van der Waals surface area contributed by atoms with Crippen molar-refractivity contribution in [2.75, 3.05) is 62.6 Å². The molecule has 0 aromatic carbocycles. The van der Waals surface area contributed by atoms with Gasteiger partial charge in [0, 0.05) is 72.4 Å². The number of carbonyl (C=O) groups is 1. The number of rotatable bonds is 11. The Labute approximate surface area is 263 Å². The van der Waals surface area contributed by atoms with Gasteiger partial charge in [0.2, 0.25) is 11.9 Å². The Balaban J connectivity index is 1.28. The highest BCUT2D eigenvalue weighted by molar-refractivity contribution is 6.76. The standard InChI is InChI=1S/C28H40F6N8O3Si/c1-19(38-22-15-37-42(18-45-11-12-46(2,3)4)25(44)23(22)28(32,33)34)16-39-6-5-20(17-39)24(43)40-7-9-41(10-8-40)26-35-13-21(14-36-26)27(29,30)31/h13-15,19-20,38H,5-12,16-18H2,1-4H3/t19-,20-/m0/s1. The molecule has 2 aromatic heterocycles. The van der Waals surface area contributed by atoms with Gasteiger partial charge in [-0.3, -0.25) is 9.59 Å². The zero-order chi connectivity index (χ0) is 33.9. The third-order valence-electron chi connectivity index (χ3n) is 7.93. The van der Waals surface area contributed by atoms with E-state index in [0.717, 1.165) is 24.6 Å². The largest absolute Gasteiger partial charge is 0.423 e. The number of amides is 1. The maximum absolute atomic E-state index is 14.0. The summed E-state index contributed by atoms with van der Waals surface area (Å²) in [6, 6.07) is 0.304. The van der Waals surface area contributed by atoms with Crippen LogP contribution >= 0.6 is 0 Å². The van der Waals surface area contributed by atoms with Gasteiger partial charge in [0.1, 0.15) is 12.3 Å². The van der Waals surface area contributed by atoms with Crippen molar-refractivity contribution < 1.29 is 35.9 Å². The van der Waals surface area contributed by atoms with Crippen molar-refractivity contribution in [3.05, 3.63) is 40.1 Å². The van der Waals surface area contributed by atoms with Gasteiger partial charge in [0.05, 0.1) is 23.4 Å². The Morgan fingerprint density at radius 1 is 1.02 bits per heavy atom. The van der Waals surface area contributed by atoms with Crippen LogP contribution in [0.2, 0.25) is 25.7 Å². The summed E-state index contributed by atoms with van der Waals surface area (Å²) in [6.45, 7) is 10.9. The quantitative estimate of drug-likeness (QED) is 0.216. The normalized spacial score (nSPS) is 19.0. The molecule has 18 heteroatoms. The Morgan fingerprint density at radius 2 is 1.67 bits per heavy atom. The predicted molar refractivity (Wildman–Crippen MR) is 161 cm³/mol. The molecule has 4 heterocycles. The number of ether oxygens (including phenoxy) is 1. The molecule has 2 saturated heterocycles. The van der Waals surface area contributed by atoms with Crippen molar-refractivity contribution in [1.82, 2.24) is 29.5 Å². The predicted octanol–water partition coefficient (Wildman–Crippen LogP) is 3.85. The highest BCUT2D eigenvalue weighted by Gasteiger charge is 2.39. The molecule has 2 aliphatic heterocycles. The summed E-state index contributed by atoms with van der Waals surface area (Å²) in [6.07, 6.45) is -6.38. The smallest absolute Gasteiger partial charge is 0.379 e. The first kappa shape index (κ1) is 35.6. The summed E-state index contributed by atoms with van der Waals surface area (Å²) in [5, 5.41) is 6.70. The van der Waals surface area contributed by atoms with Crippen LogP contribution in [0.5, 0.6) is 0 Å². The van der Waals surface area contributed by atoms with Gasteiger partial charge in [-0.05, 0) is 25.9 Å². The molecule has 2 atom stereocenters. The molecule has 4 rings (SSSR count). The lowest BCUT2D eigenvalue weighted by Gasteiger charge is -2.36. The number of piperazine rings is 1. The molecule has 1 N–H and O–H groups in total. The van der Waals surface area contributed by atoms with Gasteiger partial charge in [-0.1, -0.05) is 19.6 Å². The summed E-state index contributed by atoms with van der Waals surface area (Å²) in [4.78, 5) is 39.0. The van der Waals surface area contributed by atoms with Crippen LogP contribution in [0, 0.1) is 5.92 Å². The van der Waals surface area contributed by atoms with Crippen LogP contribution in [-0.4, -0.2) is 102 Å². The maximum Gasteiger partial charge on any atom is 0.423 e. The number of nitrogens with zero attached hydrogens (tertiary/aromatic N) is 7. The van der Waals surface area contributed by atoms with Crippen LogP contribution in [0.1, 0.15) is 24.5 Å². The van der Waals surface area contributed by atoms with Gasteiger partial charge in [-0.2, -0.15) is 31.4 Å². The highest BCUT2D eigenvalue weighted by atomic mass is 28.3. The third kappa shape index (κ3) is 9.40. The Morgan fingerprint density at radius 3 is 2.26 bits per heavy atom. The summed E-state index contributed by atoms with van der Waals surface area (Å²) in [5.74, 6) is -0.172. The van der Waals surface area contributed by atoms with Crippen molar-refractivity contribution in [2.24, 2.45) is 5.92 Å². The first-order valence-corrected chi connectivity index (χ1v) is 18.8. The SMILES string of the molecule is C[C@@H](CN1CC[C@H](C(=O)N2CCN(c3ncc(C(F)(F)F)cn3)CC2)C1)Nc1cnn(COCC[Si](C)(C)C)c(=O)c1C(F)(F)F. The summed E-state index contributed by atoms with van der Waals surface area (Å²) in [7, 11) is -1.41. The van der Waals surface area contributed by atoms with E-state index in [0.29, 0.717) is 63.5 Å².